The fourth-order valence-corrected chi connectivity index (χ4v) is 1.21. The zero-order valence-corrected chi connectivity index (χ0v) is 6.27. The molecule has 50 valence electrons. The molecular weight excluding hydrogens is 134 g/mol. The second-order valence-electron chi connectivity index (χ2n) is 2.04. The smallest absolute Gasteiger partial charge is 0.0942 e. The molecule has 0 saturated heterocycles. The van der Waals surface area contributed by atoms with E-state index in [4.69, 9.17) is 5.11 Å². The van der Waals surface area contributed by atoms with Crippen LogP contribution >= 0.6 is 11.5 Å². The molecule has 0 radical (unpaired) electrons. The van der Waals surface area contributed by atoms with Crippen LogP contribution in [0.5, 0.6) is 0 Å². The minimum absolute atomic E-state index is 0.421. The lowest BCUT2D eigenvalue weighted by Crippen LogP contribution is -1.88. The van der Waals surface area contributed by atoms with Crippen molar-refractivity contribution in [1.82, 2.24) is 4.37 Å². The molecule has 0 saturated carbocycles. The third-order valence-electron chi connectivity index (χ3n) is 1.07. The summed E-state index contributed by atoms with van der Waals surface area (Å²) in [6.07, 6.45) is -0.421. The second-order valence-corrected chi connectivity index (χ2v) is 3.05. The van der Waals surface area contributed by atoms with Gasteiger partial charge >= 0.3 is 0 Å². The highest BCUT2D eigenvalue weighted by molar-refractivity contribution is 7.05. The number of rotatable bonds is 1. The highest BCUT2D eigenvalue weighted by Crippen LogP contribution is 2.14. The largest absolute Gasteiger partial charge is 0.387 e. The Balaban J connectivity index is 2.85. The van der Waals surface area contributed by atoms with Gasteiger partial charge in [-0.3, -0.25) is 0 Å². The first-order valence-electron chi connectivity index (χ1n) is 2.81. The molecule has 0 fully saturated rings. The van der Waals surface area contributed by atoms with Crippen molar-refractivity contribution < 1.29 is 5.11 Å². The first-order valence-corrected chi connectivity index (χ1v) is 3.59. The van der Waals surface area contributed by atoms with Crippen LogP contribution in [0.3, 0.4) is 0 Å². The van der Waals surface area contributed by atoms with Crippen molar-refractivity contribution >= 4 is 11.5 Å². The van der Waals surface area contributed by atoms with Gasteiger partial charge in [-0.05, 0) is 31.4 Å². The minimum atomic E-state index is -0.421. The molecule has 0 amide bonds. The zero-order valence-electron chi connectivity index (χ0n) is 5.46. The summed E-state index contributed by atoms with van der Waals surface area (Å²) in [5, 5.41) is 8.98. The Bertz CT molecular complexity index is 195. The molecule has 2 nitrogen and oxygen atoms in total. The molecule has 0 bridgehead atoms. The molecule has 3 heteroatoms. The number of nitrogens with zero attached hydrogens (tertiary/aromatic N) is 1. The van der Waals surface area contributed by atoms with Crippen molar-refractivity contribution in [1.29, 1.82) is 0 Å². The standard InChI is InChI=1S/C6H9NOS/c1-4-3-6(5(2)8)7-9-4/h3,5,8H,1-2H3. The van der Waals surface area contributed by atoms with Crippen molar-refractivity contribution in [2.75, 3.05) is 0 Å². The Labute approximate surface area is 58.3 Å². The third-order valence-corrected chi connectivity index (χ3v) is 1.78. The molecule has 1 heterocycles. The van der Waals surface area contributed by atoms with E-state index in [1.807, 2.05) is 13.0 Å². The van der Waals surface area contributed by atoms with Crippen molar-refractivity contribution in [2.24, 2.45) is 0 Å². The Morgan fingerprint density at radius 2 is 2.44 bits per heavy atom. The lowest BCUT2D eigenvalue weighted by atomic mass is 10.3. The van der Waals surface area contributed by atoms with Gasteiger partial charge in [-0.15, -0.1) is 0 Å². The predicted molar refractivity (Wildman–Crippen MR) is 37.5 cm³/mol. The molecule has 1 unspecified atom stereocenters. The average Bonchev–Trinajstić information content (AvgIpc) is 2.14. The van der Waals surface area contributed by atoms with E-state index >= 15 is 0 Å². The minimum Gasteiger partial charge on any atom is -0.387 e. The maximum atomic E-state index is 8.98. The first-order chi connectivity index (χ1) is 4.20. The van der Waals surface area contributed by atoms with E-state index in [1.54, 1.807) is 6.92 Å². The lowest BCUT2D eigenvalue weighted by Gasteiger charge is -1.94. The van der Waals surface area contributed by atoms with Gasteiger partial charge in [-0.25, -0.2) is 0 Å². The normalized spacial score (nSPS) is 13.7. The van der Waals surface area contributed by atoms with Crippen LogP contribution in [0.4, 0.5) is 0 Å². The van der Waals surface area contributed by atoms with Gasteiger partial charge in [0.2, 0.25) is 0 Å². The summed E-state index contributed by atoms with van der Waals surface area (Å²) in [5.41, 5.74) is 0.775. The van der Waals surface area contributed by atoms with Crippen LogP contribution in [-0.4, -0.2) is 9.48 Å². The highest BCUT2D eigenvalue weighted by atomic mass is 32.1. The summed E-state index contributed by atoms with van der Waals surface area (Å²) in [4.78, 5) is 1.14. The Morgan fingerprint density at radius 3 is 2.67 bits per heavy atom. The van der Waals surface area contributed by atoms with Gasteiger partial charge in [0.25, 0.3) is 0 Å². The van der Waals surface area contributed by atoms with Crippen LogP contribution < -0.4 is 0 Å². The number of aliphatic hydroxyl groups excluding tert-OH is 1. The maximum Gasteiger partial charge on any atom is 0.0942 e. The van der Waals surface area contributed by atoms with E-state index < -0.39 is 6.10 Å². The molecule has 1 rings (SSSR count). The predicted octanol–water partition coefficient (Wildman–Crippen LogP) is 1.50. The number of aromatic nitrogens is 1. The monoisotopic (exact) mass is 143 g/mol. The summed E-state index contributed by atoms with van der Waals surface area (Å²) >= 11 is 1.42. The maximum absolute atomic E-state index is 8.98. The summed E-state index contributed by atoms with van der Waals surface area (Å²) in [6, 6.07) is 1.90. The molecular formula is C6H9NOS. The van der Waals surface area contributed by atoms with Crippen LogP contribution in [0.2, 0.25) is 0 Å². The Hall–Kier alpha value is -0.410. The lowest BCUT2D eigenvalue weighted by molar-refractivity contribution is 0.195. The van der Waals surface area contributed by atoms with Gasteiger partial charge in [-0.2, -0.15) is 4.37 Å². The van der Waals surface area contributed by atoms with E-state index in [-0.39, 0.29) is 0 Å². The van der Waals surface area contributed by atoms with Crippen LogP contribution in [-0.2, 0) is 0 Å². The summed E-state index contributed by atoms with van der Waals surface area (Å²) in [5.74, 6) is 0. The van der Waals surface area contributed by atoms with Gasteiger partial charge in [0, 0.05) is 4.88 Å². The average molecular weight is 143 g/mol. The van der Waals surface area contributed by atoms with Gasteiger partial charge in [0.15, 0.2) is 0 Å². The fourth-order valence-electron chi connectivity index (χ4n) is 0.583. The molecule has 0 aliphatic heterocycles. The first kappa shape index (κ1) is 6.71. The van der Waals surface area contributed by atoms with Crippen LogP contribution in [0, 0.1) is 6.92 Å². The van der Waals surface area contributed by atoms with Gasteiger partial charge in [0.1, 0.15) is 0 Å². The van der Waals surface area contributed by atoms with E-state index in [9.17, 15) is 0 Å². The highest BCUT2D eigenvalue weighted by Gasteiger charge is 2.02. The summed E-state index contributed by atoms with van der Waals surface area (Å²) in [7, 11) is 0. The second kappa shape index (κ2) is 2.45. The van der Waals surface area contributed by atoms with E-state index in [2.05, 4.69) is 4.37 Å². The van der Waals surface area contributed by atoms with Crippen molar-refractivity contribution in [3.63, 3.8) is 0 Å². The molecule has 1 atom stereocenters. The van der Waals surface area contributed by atoms with E-state index in [0.717, 1.165) is 10.6 Å². The quantitative estimate of drug-likeness (QED) is 0.646. The van der Waals surface area contributed by atoms with Crippen LogP contribution in [0.15, 0.2) is 6.07 Å². The van der Waals surface area contributed by atoms with Gasteiger partial charge in [0.05, 0.1) is 11.8 Å². The SMILES string of the molecule is Cc1cc(C(C)O)ns1. The number of hydrogen-bond donors (Lipinski definition) is 1. The zero-order chi connectivity index (χ0) is 6.85. The third kappa shape index (κ3) is 1.50. The van der Waals surface area contributed by atoms with Gasteiger partial charge < -0.3 is 5.11 Å². The van der Waals surface area contributed by atoms with Crippen molar-refractivity contribution in [3.05, 3.63) is 16.6 Å². The molecule has 0 aromatic carbocycles. The molecule has 0 spiro atoms. The Morgan fingerprint density at radius 1 is 1.78 bits per heavy atom. The van der Waals surface area contributed by atoms with Crippen LogP contribution in [0.1, 0.15) is 23.6 Å². The van der Waals surface area contributed by atoms with Crippen molar-refractivity contribution in [3.8, 4) is 0 Å². The van der Waals surface area contributed by atoms with Gasteiger partial charge in [-0.1, -0.05) is 0 Å². The molecule has 1 aromatic heterocycles. The van der Waals surface area contributed by atoms with Crippen LogP contribution in [0.25, 0.3) is 0 Å². The van der Waals surface area contributed by atoms with E-state index in [0.29, 0.717) is 0 Å². The summed E-state index contributed by atoms with van der Waals surface area (Å²) < 4.78 is 4.01. The summed E-state index contributed by atoms with van der Waals surface area (Å²) in [6.45, 7) is 3.69. The van der Waals surface area contributed by atoms with E-state index in [1.165, 1.54) is 11.5 Å². The Kier molecular flexibility index (Phi) is 1.83. The number of aliphatic hydroxyl groups is 1. The molecule has 9 heavy (non-hydrogen) atoms. The van der Waals surface area contributed by atoms with Crippen molar-refractivity contribution in [2.45, 2.75) is 20.0 Å². The molecule has 1 N–H and O–H groups in total. The number of aryl methyl sites for hydroxylation is 1. The molecule has 0 aliphatic rings. The fraction of sp³-hybridized carbons (Fsp3) is 0.500. The molecule has 0 aliphatic carbocycles. The topological polar surface area (TPSA) is 33.1 Å². The molecule has 1 aromatic rings. The number of hydrogen-bond acceptors (Lipinski definition) is 3.